The summed E-state index contributed by atoms with van der Waals surface area (Å²) >= 11 is 4.79. The van der Waals surface area contributed by atoms with Crippen molar-refractivity contribution in [1.82, 2.24) is 5.32 Å². The monoisotopic (exact) mass is 238 g/mol. The van der Waals surface area contributed by atoms with E-state index >= 15 is 0 Å². The highest BCUT2D eigenvalue weighted by atomic mass is 32.1. The van der Waals surface area contributed by atoms with Gasteiger partial charge in [0, 0.05) is 18.5 Å². The summed E-state index contributed by atoms with van der Waals surface area (Å²) in [5.41, 5.74) is 6.95. The molecule has 1 aromatic carbocycles. The molecule has 0 aliphatic heterocycles. The van der Waals surface area contributed by atoms with Crippen LogP contribution in [0.2, 0.25) is 0 Å². The van der Waals surface area contributed by atoms with E-state index in [4.69, 9.17) is 23.1 Å². The molecule has 0 aromatic heterocycles. The maximum Gasteiger partial charge on any atom is 0.251 e. The van der Waals surface area contributed by atoms with Gasteiger partial charge in [0.15, 0.2) is 0 Å². The van der Waals surface area contributed by atoms with E-state index in [1.54, 1.807) is 12.1 Å². The van der Waals surface area contributed by atoms with Crippen LogP contribution in [-0.4, -0.2) is 29.2 Å². The van der Waals surface area contributed by atoms with Crippen molar-refractivity contribution in [3.05, 3.63) is 35.4 Å². The number of nitrogens with two attached hydrogens (primary N) is 1. The van der Waals surface area contributed by atoms with E-state index in [2.05, 4.69) is 5.32 Å². The van der Waals surface area contributed by atoms with Crippen molar-refractivity contribution in [3.8, 4) is 0 Å². The molecule has 0 spiro atoms. The highest BCUT2D eigenvalue weighted by Gasteiger charge is 2.04. The number of hydrogen-bond acceptors (Lipinski definition) is 3. The Balaban J connectivity index is 2.63. The molecule has 0 heterocycles. The van der Waals surface area contributed by atoms with E-state index in [0.29, 0.717) is 17.0 Å². The lowest BCUT2D eigenvalue weighted by Crippen LogP contribution is -2.26. The van der Waals surface area contributed by atoms with E-state index in [1.165, 1.54) is 0 Å². The van der Waals surface area contributed by atoms with Gasteiger partial charge in [0.1, 0.15) is 0 Å². The van der Waals surface area contributed by atoms with Gasteiger partial charge < -0.3 is 16.2 Å². The molecule has 0 saturated heterocycles. The maximum absolute atomic E-state index is 11.5. The smallest absolute Gasteiger partial charge is 0.251 e. The molecule has 0 fully saturated rings. The van der Waals surface area contributed by atoms with Gasteiger partial charge in [-0.1, -0.05) is 24.4 Å². The van der Waals surface area contributed by atoms with Crippen molar-refractivity contribution in [1.29, 1.82) is 0 Å². The quantitative estimate of drug-likeness (QED) is 0.642. The molecule has 0 aliphatic carbocycles. The molecule has 0 unspecified atom stereocenters. The minimum absolute atomic E-state index is 0.0642. The highest BCUT2D eigenvalue weighted by Crippen LogP contribution is 2.05. The zero-order valence-corrected chi connectivity index (χ0v) is 9.59. The molecule has 0 radical (unpaired) electrons. The first-order valence-electron chi connectivity index (χ1n) is 4.90. The van der Waals surface area contributed by atoms with Gasteiger partial charge in [-0.25, -0.2) is 0 Å². The Kier molecular flexibility index (Phi) is 4.88. The predicted octanol–water partition coefficient (Wildman–Crippen LogP) is 0.237. The van der Waals surface area contributed by atoms with Crippen LogP contribution in [-0.2, 0) is 6.42 Å². The molecule has 0 atom stereocenters. The van der Waals surface area contributed by atoms with Gasteiger partial charge in [-0.05, 0) is 17.7 Å². The minimum Gasteiger partial charge on any atom is -0.395 e. The Morgan fingerprint density at radius 3 is 2.50 bits per heavy atom. The van der Waals surface area contributed by atoms with Crippen LogP contribution in [0.3, 0.4) is 0 Å². The van der Waals surface area contributed by atoms with Crippen molar-refractivity contribution in [3.63, 3.8) is 0 Å². The Labute approximate surface area is 99.5 Å². The Morgan fingerprint density at radius 2 is 2.00 bits per heavy atom. The molecule has 86 valence electrons. The molecule has 1 amide bonds. The molecule has 5 heteroatoms. The highest BCUT2D eigenvalue weighted by molar-refractivity contribution is 7.80. The Morgan fingerprint density at radius 1 is 1.38 bits per heavy atom. The van der Waals surface area contributed by atoms with Crippen LogP contribution < -0.4 is 11.1 Å². The van der Waals surface area contributed by atoms with Crippen LogP contribution in [0.5, 0.6) is 0 Å². The molecule has 1 rings (SSSR count). The summed E-state index contributed by atoms with van der Waals surface area (Å²) in [6.45, 7) is 0.193. The summed E-state index contributed by atoms with van der Waals surface area (Å²) < 4.78 is 0. The lowest BCUT2D eigenvalue weighted by Gasteiger charge is -2.04. The van der Waals surface area contributed by atoms with Crippen molar-refractivity contribution in [2.24, 2.45) is 5.73 Å². The van der Waals surface area contributed by atoms with Crippen molar-refractivity contribution >= 4 is 23.1 Å². The summed E-state index contributed by atoms with van der Waals surface area (Å²) in [4.78, 5) is 11.9. The predicted molar refractivity (Wildman–Crippen MR) is 66.4 cm³/mol. The van der Waals surface area contributed by atoms with Gasteiger partial charge >= 0.3 is 0 Å². The van der Waals surface area contributed by atoms with E-state index in [9.17, 15) is 4.79 Å². The number of hydrogen-bond donors (Lipinski definition) is 3. The molecule has 0 aliphatic rings. The largest absolute Gasteiger partial charge is 0.395 e. The maximum atomic E-state index is 11.5. The van der Waals surface area contributed by atoms with Gasteiger partial charge in [0.05, 0.1) is 11.6 Å². The Bertz CT molecular complexity index is 376. The molecule has 0 saturated carbocycles. The van der Waals surface area contributed by atoms with Crippen LogP contribution in [0.1, 0.15) is 15.9 Å². The van der Waals surface area contributed by atoms with Crippen LogP contribution in [0.4, 0.5) is 0 Å². The lowest BCUT2D eigenvalue weighted by atomic mass is 10.1. The van der Waals surface area contributed by atoms with E-state index in [0.717, 1.165) is 5.56 Å². The number of carbonyl (C=O) groups excluding carboxylic acids is 1. The van der Waals surface area contributed by atoms with Crippen LogP contribution >= 0.6 is 12.2 Å². The van der Waals surface area contributed by atoms with Crippen molar-refractivity contribution in [2.75, 3.05) is 13.2 Å². The normalized spacial score (nSPS) is 9.81. The fraction of sp³-hybridized carbons (Fsp3) is 0.273. The SMILES string of the molecule is NC(=S)Cc1ccc(C(=O)NCCO)cc1. The third-order valence-corrected chi connectivity index (χ3v) is 2.14. The summed E-state index contributed by atoms with van der Waals surface area (Å²) in [6, 6.07) is 7.04. The number of aliphatic hydroxyl groups excluding tert-OH is 1. The molecule has 4 N–H and O–H groups in total. The Hall–Kier alpha value is -1.46. The van der Waals surface area contributed by atoms with E-state index in [-0.39, 0.29) is 19.1 Å². The van der Waals surface area contributed by atoms with Gasteiger partial charge in [0.2, 0.25) is 0 Å². The number of nitrogens with one attached hydrogen (secondary N) is 1. The first-order valence-corrected chi connectivity index (χ1v) is 5.30. The summed E-state index contributed by atoms with van der Waals surface area (Å²) in [5, 5.41) is 11.1. The van der Waals surface area contributed by atoms with Crippen LogP contribution in [0.15, 0.2) is 24.3 Å². The second-order valence-electron chi connectivity index (χ2n) is 3.32. The molecule has 1 aromatic rings. The number of thiocarbonyl (C=S) groups is 1. The lowest BCUT2D eigenvalue weighted by molar-refractivity contribution is 0.0945. The summed E-state index contributed by atoms with van der Waals surface area (Å²) in [5.74, 6) is -0.198. The van der Waals surface area contributed by atoms with E-state index < -0.39 is 0 Å². The fourth-order valence-corrected chi connectivity index (χ4v) is 1.41. The van der Waals surface area contributed by atoms with Gasteiger partial charge in [-0.2, -0.15) is 0 Å². The number of aliphatic hydroxyl groups is 1. The van der Waals surface area contributed by atoms with Gasteiger partial charge in [0.25, 0.3) is 5.91 Å². The summed E-state index contributed by atoms with van der Waals surface area (Å²) in [7, 11) is 0. The van der Waals surface area contributed by atoms with E-state index in [1.807, 2.05) is 12.1 Å². The fourth-order valence-electron chi connectivity index (χ4n) is 1.25. The topological polar surface area (TPSA) is 75.4 Å². The standard InChI is InChI=1S/C11H14N2O2S/c12-10(16)7-8-1-3-9(4-2-8)11(15)13-5-6-14/h1-4,14H,5-7H2,(H2,12,16)(H,13,15). The summed E-state index contributed by atoms with van der Waals surface area (Å²) in [6.07, 6.45) is 0.536. The molecule has 0 bridgehead atoms. The van der Waals surface area contributed by atoms with Gasteiger partial charge in [-0.15, -0.1) is 0 Å². The average Bonchev–Trinajstić information content (AvgIpc) is 2.26. The zero-order valence-electron chi connectivity index (χ0n) is 8.77. The number of rotatable bonds is 5. The van der Waals surface area contributed by atoms with Crippen molar-refractivity contribution < 1.29 is 9.90 Å². The van der Waals surface area contributed by atoms with Crippen LogP contribution in [0.25, 0.3) is 0 Å². The first kappa shape index (κ1) is 12.6. The first-order chi connectivity index (χ1) is 7.63. The van der Waals surface area contributed by atoms with Crippen LogP contribution in [0, 0.1) is 0 Å². The molecule has 4 nitrogen and oxygen atoms in total. The van der Waals surface area contributed by atoms with Crippen molar-refractivity contribution in [2.45, 2.75) is 6.42 Å². The average molecular weight is 238 g/mol. The molecular formula is C11H14N2O2S. The minimum atomic E-state index is -0.198. The second kappa shape index (κ2) is 6.19. The van der Waals surface area contributed by atoms with Gasteiger partial charge in [-0.3, -0.25) is 4.79 Å². The number of amides is 1. The third kappa shape index (κ3) is 3.96. The third-order valence-electron chi connectivity index (χ3n) is 1.99. The number of benzene rings is 1. The molecular weight excluding hydrogens is 224 g/mol. The zero-order chi connectivity index (χ0) is 12.0. The molecule has 16 heavy (non-hydrogen) atoms. The number of carbonyl (C=O) groups is 1. The second-order valence-corrected chi connectivity index (χ2v) is 3.84.